The fourth-order valence-electron chi connectivity index (χ4n) is 18.6. The Bertz CT molecular complexity index is 5410. The Labute approximate surface area is 822 Å². The molecule has 0 radical (unpaired) electrons. The number of rotatable bonds is 45. The topological polar surface area (TPSA) is 602 Å². The number of hydrogen-bond donors (Lipinski definition) is 15. The monoisotopic (exact) mass is 2000 g/mol. The SMILES string of the molecule is COc1cc2c(cc1OCCCCCOc1cc3c(cc1OC)C(=O)N1CC4(CC4)C[C@H]1[C@H](O)N3C(=O)OCc1ccc(NC(=O)[C@H](CO[C@@H]3O[C@H](C(=O)O)[C@@H](O)[C@H](O)[C@H]3O)NC(=O)[C@@H](NC(C)=O)C(C)C)cc1C(=O)NCCOCCOCCOCCOCCNC(=O)OCC1[C@H]3CCC#CCC[C@@H]13)N(C(=O)OCc1ccc(O[C@@H]3O[C@H](C(=O)O)[C@@H](O)[C@H](O)[C@H]3O)cc1)[C@@H](O)[C@@H]1Cc3ccccc3CN1C2=O. The highest BCUT2D eigenvalue weighted by molar-refractivity contribution is 6.08. The number of alkyl carbamates (subject to hydrolysis) is 1. The van der Waals surface area contributed by atoms with Gasteiger partial charge < -0.3 is 159 Å². The van der Waals surface area contributed by atoms with Crippen LogP contribution in [0.25, 0.3) is 0 Å². The lowest BCUT2D eigenvalue weighted by atomic mass is 9.93. The average molecular weight is 2000 g/mol. The van der Waals surface area contributed by atoms with Crippen molar-refractivity contribution in [2.45, 2.75) is 209 Å². The van der Waals surface area contributed by atoms with Crippen molar-refractivity contribution < 1.29 is 175 Å². The highest BCUT2D eigenvalue weighted by Gasteiger charge is 2.59. The predicted molar refractivity (Wildman–Crippen MR) is 496 cm³/mol. The highest BCUT2D eigenvalue weighted by atomic mass is 16.7. The van der Waals surface area contributed by atoms with Crippen LogP contribution in [0.3, 0.4) is 0 Å². The molecule has 1 spiro atoms. The van der Waals surface area contributed by atoms with Gasteiger partial charge in [0.2, 0.25) is 24.0 Å². The zero-order valence-corrected chi connectivity index (χ0v) is 79.6. The first-order chi connectivity index (χ1) is 68.7. The normalized spacial score (nSPS) is 25.1. The number of carboxylic acid groups (broad SMARTS) is 2. The number of anilines is 3. The number of fused-ring (bicyclic) bond motifs is 6. The van der Waals surface area contributed by atoms with Crippen LogP contribution in [0, 0.1) is 40.9 Å². The molecule has 5 aromatic carbocycles. The van der Waals surface area contributed by atoms with Gasteiger partial charge in [-0.1, -0.05) is 56.3 Å². The summed E-state index contributed by atoms with van der Waals surface area (Å²) in [5, 5.41) is 120. The van der Waals surface area contributed by atoms with E-state index in [2.05, 4.69) is 38.4 Å². The molecule has 143 heavy (non-hydrogen) atoms. The van der Waals surface area contributed by atoms with Crippen molar-refractivity contribution in [3.8, 4) is 40.6 Å². The summed E-state index contributed by atoms with van der Waals surface area (Å²) in [4.78, 5) is 156. The van der Waals surface area contributed by atoms with Crippen molar-refractivity contribution in [3.63, 3.8) is 0 Å². The van der Waals surface area contributed by atoms with Crippen LogP contribution in [-0.4, -0.2) is 338 Å². The molecule has 3 aliphatic carbocycles. The van der Waals surface area contributed by atoms with Crippen LogP contribution in [0.5, 0.6) is 28.7 Å². The molecule has 15 N–H and O–H groups in total. The molecule has 0 aromatic heterocycles. The van der Waals surface area contributed by atoms with Crippen LogP contribution in [-0.2, 0) is 97.5 Å². The largest absolute Gasteiger partial charge is 0.493 e. The Hall–Kier alpha value is -12.4. The summed E-state index contributed by atoms with van der Waals surface area (Å²) in [6, 6.07) is 17.6. The molecule has 2 saturated carbocycles. The molecule has 6 aliphatic heterocycles. The van der Waals surface area contributed by atoms with Gasteiger partial charge in [-0.2, -0.15) is 0 Å². The van der Waals surface area contributed by atoms with Crippen LogP contribution >= 0.6 is 0 Å². The van der Waals surface area contributed by atoms with Crippen molar-refractivity contribution in [3.05, 3.63) is 130 Å². The minimum Gasteiger partial charge on any atom is -0.493 e. The second kappa shape index (κ2) is 48.8. The van der Waals surface area contributed by atoms with Gasteiger partial charge in [-0.25, -0.2) is 33.8 Å². The van der Waals surface area contributed by atoms with E-state index in [-0.39, 0.29) is 172 Å². The van der Waals surface area contributed by atoms with Gasteiger partial charge in [0.15, 0.2) is 54.0 Å². The van der Waals surface area contributed by atoms with E-state index in [0.29, 0.717) is 55.6 Å². The quantitative estimate of drug-likeness (QED) is 0.0151. The van der Waals surface area contributed by atoms with Gasteiger partial charge >= 0.3 is 30.2 Å². The Morgan fingerprint density at radius 2 is 1.09 bits per heavy atom. The summed E-state index contributed by atoms with van der Waals surface area (Å²) in [5.74, 6) is -0.125. The van der Waals surface area contributed by atoms with Gasteiger partial charge in [0, 0.05) is 74.9 Å². The summed E-state index contributed by atoms with van der Waals surface area (Å²) >= 11 is 0. The lowest BCUT2D eigenvalue weighted by Crippen LogP contribution is -2.61. The molecule has 5 fully saturated rings. The number of nitrogens with one attached hydrogen (secondary N) is 5. The van der Waals surface area contributed by atoms with Gasteiger partial charge in [0.25, 0.3) is 17.7 Å². The molecule has 45 heteroatoms. The van der Waals surface area contributed by atoms with Gasteiger partial charge in [-0.05, 0) is 140 Å². The summed E-state index contributed by atoms with van der Waals surface area (Å²) < 4.78 is 86.2. The number of methoxy groups -OCH3 is 2. The lowest BCUT2D eigenvalue weighted by molar-refractivity contribution is -0.294. The Balaban J connectivity index is 0.626. The molecular formula is C98H123N9O36. The molecule has 1 unspecified atom stereocenters. The van der Waals surface area contributed by atoms with Gasteiger partial charge in [-0.15, -0.1) is 11.8 Å². The maximum atomic E-state index is 15.2. The van der Waals surface area contributed by atoms with Crippen molar-refractivity contribution in [2.24, 2.45) is 29.1 Å². The van der Waals surface area contributed by atoms with E-state index in [9.17, 15) is 99.0 Å². The average Bonchev–Trinajstić information content (AvgIpc) is 1.56. The lowest BCUT2D eigenvalue weighted by Gasteiger charge is -2.39. The third kappa shape index (κ3) is 26.1. The third-order valence-electron chi connectivity index (χ3n) is 26.7. The summed E-state index contributed by atoms with van der Waals surface area (Å²) in [6.07, 6.45) is -19.0. The number of aliphatic carboxylic acids is 2. The molecule has 776 valence electrons. The van der Waals surface area contributed by atoms with Crippen molar-refractivity contribution >= 4 is 82.7 Å². The first-order valence-electron chi connectivity index (χ1n) is 47.6. The van der Waals surface area contributed by atoms with Crippen molar-refractivity contribution in [1.82, 2.24) is 31.1 Å². The number of carbonyl (C=O) groups is 11. The van der Waals surface area contributed by atoms with E-state index >= 15 is 4.79 Å². The first-order valence-corrected chi connectivity index (χ1v) is 47.6. The predicted octanol–water partition coefficient (Wildman–Crippen LogP) is 2.57. The number of ether oxygens (including phenoxy) is 15. The fourth-order valence-corrected chi connectivity index (χ4v) is 18.6. The Morgan fingerprint density at radius 1 is 0.552 bits per heavy atom. The minimum atomic E-state index is -2.12. The highest BCUT2D eigenvalue weighted by Crippen LogP contribution is 2.58. The number of unbranched alkanes of at least 4 members (excludes halogenated alkanes) is 2. The molecule has 19 atom stereocenters. The van der Waals surface area contributed by atoms with Crippen molar-refractivity contribution in [1.29, 1.82) is 0 Å². The number of aliphatic hydroxyl groups excluding tert-OH is 8. The number of carboxylic acids is 2. The van der Waals surface area contributed by atoms with Crippen LogP contribution < -0.4 is 60.1 Å². The molecule has 3 saturated heterocycles. The number of hydrogen-bond acceptors (Lipinski definition) is 34. The molecule has 5 aromatic rings. The maximum Gasteiger partial charge on any atom is 0.416 e. The van der Waals surface area contributed by atoms with E-state index in [1.165, 1.54) is 90.7 Å². The molecular weight excluding hydrogens is 1880 g/mol. The first kappa shape index (κ1) is 106. The molecule has 9 amide bonds. The smallest absolute Gasteiger partial charge is 0.416 e. The second-order valence-electron chi connectivity index (χ2n) is 36.7. The van der Waals surface area contributed by atoms with E-state index < -0.39 is 189 Å². The molecule has 45 nitrogen and oxygen atoms in total. The van der Waals surface area contributed by atoms with Gasteiger partial charge in [0.05, 0.1) is 128 Å². The van der Waals surface area contributed by atoms with Crippen LogP contribution in [0.1, 0.15) is 138 Å². The Kier molecular flexibility index (Phi) is 36.3. The third-order valence-corrected chi connectivity index (χ3v) is 26.7. The number of aliphatic hydroxyl groups is 8. The number of amides is 9. The van der Waals surface area contributed by atoms with Gasteiger partial charge in [-0.3, -0.25) is 28.8 Å². The molecule has 9 aliphatic rings. The van der Waals surface area contributed by atoms with Crippen LogP contribution in [0.15, 0.2) is 91.0 Å². The zero-order chi connectivity index (χ0) is 102. The maximum absolute atomic E-state index is 15.2. The number of nitrogens with zero attached hydrogens (tertiary/aromatic N) is 4. The van der Waals surface area contributed by atoms with Gasteiger partial charge in [0.1, 0.15) is 67.7 Å². The summed E-state index contributed by atoms with van der Waals surface area (Å²) in [7, 11) is 2.72. The van der Waals surface area contributed by atoms with Crippen molar-refractivity contribution in [2.75, 3.05) is 128 Å². The molecule has 14 rings (SSSR count). The van der Waals surface area contributed by atoms with E-state index in [0.717, 1.165) is 66.4 Å². The Morgan fingerprint density at radius 3 is 1.65 bits per heavy atom. The van der Waals surface area contributed by atoms with Crippen LogP contribution in [0.4, 0.5) is 31.4 Å². The summed E-state index contributed by atoms with van der Waals surface area (Å²) in [5.41, 5.74) is 1.11. The second-order valence-corrected chi connectivity index (χ2v) is 36.7. The minimum absolute atomic E-state index is 0.000439. The summed E-state index contributed by atoms with van der Waals surface area (Å²) in [6.45, 7) is 4.63. The number of benzene rings is 5. The van der Waals surface area contributed by atoms with E-state index in [1.807, 2.05) is 24.3 Å². The van der Waals surface area contributed by atoms with E-state index in [4.69, 9.17) is 71.1 Å². The zero-order valence-electron chi connectivity index (χ0n) is 79.6. The molecule has 0 bridgehead atoms. The van der Waals surface area contributed by atoms with E-state index in [1.54, 1.807) is 13.8 Å². The fraction of sp³-hybridized carbons (Fsp3) is 0.561. The molecule has 6 heterocycles. The number of carbonyl (C=O) groups excluding carboxylic acids is 9. The van der Waals surface area contributed by atoms with Crippen LogP contribution in [0.2, 0.25) is 0 Å². The standard InChI is InChI=1S/C98H123N9O36/c1-52(2)75(101-53(3)108)86(117)103-66(50-137-93-80(113)76(109)78(111)82(142-93)91(122)123)85(116)102-58-22-21-57(62(40-58)84(115)99-27-31-131-33-35-133-37-38-134-36-34-132-32-28-100-95(126)138-49-65-60-17-9-6-7-10-18-61(60)65)48-140-97(128)107-68-44-74(72(130-5)42-64(68)88(119)105-51-98(25-26-98)45-70(105)90(107)121)136-30-14-8-13-29-135-73-43-67-63(41-71(73)129-4)87(118)104-46-56-16-12-11-15-55(56)39-69(104)89(120)106(67)96(127)139-47-54-19-23-59(24-20-54)141-94-81(114)77(110)79(112)83(143-94)92(124)125/h11-12,15-16,19-24,40-44,52,60-61,65-66,69-70,75-83,89-90,93-94,109-114,120-121H,8-10,13-14,17-18,25-39,45-51H2,1-5H3,(H,99,115)(H,100,126)(H,101,108)(H,102,116)(H,103,117)(H,122,123)(H,124,125)/t60-,61+,65?,66-,69-,70-,75-,76-,77-,78-,79-,80+,81+,82-,83-,89-,90-,93+,94+/m0/s1.